The van der Waals surface area contributed by atoms with Crippen LogP contribution in [-0.2, 0) is 14.2 Å². The van der Waals surface area contributed by atoms with Crippen molar-refractivity contribution in [2.24, 2.45) is 0 Å². The second-order valence-corrected chi connectivity index (χ2v) is 14.8. The van der Waals surface area contributed by atoms with Crippen LogP contribution in [-0.4, -0.2) is 45.7 Å². The second kappa shape index (κ2) is 42.4. The number of rotatable bonds is 41. The second-order valence-electron chi connectivity index (χ2n) is 14.8. The van der Waals surface area contributed by atoms with E-state index in [-0.39, 0.29) is 12.1 Å². The first kappa shape index (κ1) is 47.2. The molecule has 0 radical (unpaired) electrons. The predicted octanol–water partition coefficient (Wildman–Crippen LogP) is 14.0. The highest BCUT2D eigenvalue weighted by atomic mass is 16.6. The maximum Gasteiger partial charge on any atom is 0.407 e. The first-order valence-electron chi connectivity index (χ1n) is 21.7. The molecule has 0 aromatic rings. The monoisotopic (exact) mass is 682 g/mol. The zero-order valence-corrected chi connectivity index (χ0v) is 33.1. The zero-order chi connectivity index (χ0) is 34.9. The molecule has 0 unspecified atom stereocenters. The first-order valence-corrected chi connectivity index (χ1v) is 21.7. The summed E-state index contributed by atoms with van der Waals surface area (Å²) in [5.41, 5.74) is 0. The maximum atomic E-state index is 12.5. The van der Waals surface area contributed by atoms with E-state index >= 15 is 0 Å². The SMILES string of the molecule is CCCCCCCCCCCCCCCCCCC(CCCCCCCCCCCCCCCCCC)NC(=O)OCCOCCOC. The average molecular weight is 682 g/mol. The van der Waals surface area contributed by atoms with Gasteiger partial charge < -0.3 is 19.5 Å². The molecule has 288 valence electrons. The highest BCUT2D eigenvalue weighted by molar-refractivity contribution is 5.67. The molecule has 5 nitrogen and oxygen atoms in total. The van der Waals surface area contributed by atoms with E-state index in [9.17, 15) is 4.79 Å². The Balaban J connectivity index is 3.93. The van der Waals surface area contributed by atoms with E-state index in [0.29, 0.717) is 26.4 Å². The summed E-state index contributed by atoms with van der Waals surface area (Å²) < 4.78 is 15.8. The van der Waals surface area contributed by atoms with E-state index in [1.54, 1.807) is 7.11 Å². The number of carbonyl (C=O) groups excluding carboxylic acids is 1. The quantitative estimate of drug-likeness (QED) is 0.0653. The standard InChI is InChI=1S/C43H87NO4/c1-4-6-8-10-12-14-16-18-20-22-24-26-28-30-32-34-36-42(44-43(45)48-41-40-47-39-38-46-3)37-35-33-31-29-27-25-23-21-19-17-15-13-11-9-7-5-2/h42H,4-41H2,1-3H3,(H,44,45). The fourth-order valence-electron chi connectivity index (χ4n) is 6.81. The third kappa shape index (κ3) is 39.6. The predicted molar refractivity (Wildman–Crippen MR) is 209 cm³/mol. The number of methoxy groups -OCH3 is 1. The molecule has 0 saturated heterocycles. The van der Waals surface area contributed by atoms with Crippen LogP contribution in [0.3, 0.4) is 0 Å². The molecule has 0 rings (SSSR count). The molecule has 0 heterocycles. The van der Waals surface area contributed by atoms with Gasteiger partial charge in [-0.1, -0.05) is 219 Å². The lowest BCUT2D eigenvalue weighted by atomic mass is 9.99. The summed E-state index contributed by atoms with van der Waals surface area (Å²) in [6.07, 6.45) is 46.2. The van der Waals surface area contributed by atoms with Crippen molar-refractivity contribution in [2.45, 2.75) is 238 Å². The van der Waals surface area contributed by atoms with E-state index in [1.807, 2.05) is 0 Å². The summed E-state index contributed by atoms with van der Waals surface area (Å²) >= 11 is 0. The summed E-state index contributed by atoms with van der Waals surface area (Å²) in [4.78, 5) is 12.5. The molecule has 0 aliphatic rings. The normalized spacial score (nSPS) is 11.5. The lowest BCUT2D eigenvalue weighted by molar-refractivity contribution is 0.0414. The largest absolute Gasteiger partial charge is 0.447 e. The van der Waals surface area contributed by atoms with Crippen molar-refractivity contribution in [3.05, 3.63) is 0 Å². The van der Waals surface area contributed by atoms with Crippen molar-refractivity contribution in [1.82, 2.24) is 5.32 Å². The molecule has 0 aromatic heterocycles. The van der Waals surface area contributed by atoms with E-state index < -0.39 is 0 Å². The number of nitrogens with one attached hydrogen (secondary N) is 1. The molecule has 48 heavy (non-hydrogen) atoms. The van der Waals surface area contributed by atoms with Crippen molar-refractivity contribution < 1.29 is 19.0 Å². The van der Waals surface area contributed by atoms with Crippen molar-refractivity contribution >= 4 is 6.09 Å². The minimum absolute atomic E-state index is 0.227. The van der Waals surface area contributed by atoms with Crippen LogP contribution in [0.25, 0.3) is 0 Å². The van der Waals surface area contributed by atoms with Gasteiger partial charge in [-0.3, -0.25) is 0 Å². The number of alkyl carbamates (subject to hydrolysis) is 1. The van der Waals surface area contributed by atoms with Gasteiger partial charge in [0.2, 0.25) is 0 Å². The molecular formula is C43H87NO4. The van der Waals surface area contributed by atoms with Gasteiger partial charge in [-0.25, -0.2) is 4.79 Å². The van der Waals surface area contributed by atoms with Gasteiger partial charge in [-0.05, 0) is 12.8 Å². The van der Waals surface area contributed by atoms with Gasteiger partial charge in [-0.2, -0.15) is 0 Å². The Kier molecular flexibility index (Phi) is 41.6. The third-order valence-electron chi connectivity index (χ3n) is 10.0. The van der Waals surface area contributed by atoms with Crippen molar-refractivity contribution in [2.75, 3.05) is 33.5 Å². The number of carbonyl (C=O) groups is 1. The lowest BCUT2D eigenvalue weighted by Crippen LogP contribution is -2.36. The van der Waals surface area contributed by atoms with Crippen molar-refractivity contribution in [3.63, 3.8) is 0 Å². The minimum atomic E-state index is -0.289. The molecule has 0 atom stereocenters. The summed E-state index contributed by atoms with van der Waals surface area (Å²) in [5, 5.41) is 3.18. The Morgan fingerprint density at radius 3 is 1.02 bits per heavy atom. The van der Waals surface area contributed by atoms with Crippen LogP contribution in [0.1, 0.15) is 232 Å². The molecular weight excluding hydrogens is 594 g/mol. The van der Waals surface area contributed by atoms with Crippen LogP contribution >= 0.6 is 0 Å². The van der Waals surface area contributed by atoms with Gasteiger partial charge in [0.15, 0.2) is 0 Å². The van der Waals surface area contributed by atoms with Gasteiger partial charge in [0, 0.05) is 13.2 Å². The molecule has 1 N–H and O–H groups in total. The van der Waals surface area contributed by atoms with Crippen LogP contribution in [0.5, 0.6) is 0 Å². The Labute approximate surface area is 301 Å². The van der Waals surface area contributed by atoms with E-state index in [2.05, 4.69) is 19.2 Å². The minimum Gasteiger partial charge on any atom is -0.447 e. The summed E-state index contributed by atoms with van der Waals surface area (Å²) in [6, 6.07) is 0.227. The van der Waals surface area contributed by atoms with E-state index in [4.69, 9.17) is 14.2 Å². The Morgan fingerprint density at radius 1 is 0.417 bits per heavy atom. The fourth-order valence-corrected chi connectivity index (χ4v) is 6.81. The van der Waals surface area contributed by atoms with Crippen LogP contribution in [0.2, 0.25) is 0 Å². The van der Waals surface area contributed by atoms with Gasteiger partial charge in [0.25, 0.3) is 0 Å². The van der Waals surface area contributed by atoms with Gasteiger partial charge >= 0.3 is 6.09 Å². The zero-order valence-electron chi connectivity index (χ0n) is 33.1. The summed E-state index contributed by atoms with van der Waals surface area (Å²) in [5.74, 6) is 0. The molecule has 0 saturated carbocycles. The average Bonchev–Trinajstić information content (AvgIpc) is 3.09. The molecule has 5 heteroatoms. The smallest absolute Gasteiger partial charge is 0.407 e. The number of unbranched alkanes of at least 4 members (excludes halogenated alkanes) is 30. The highest BCUT2D eigenvalue weighted by Gasteiger charge is 2.13. The fraction of sp³-hybridized carbons (Fsp3) is 0.977. The molecule has 0 fully saturated rings. The van der Waals surface area contributed by atoms with E-state index in [1.165, 1.54) is 205 Å². The number of amides is 1. The van der Waals surface area contributed by atoms with Crippen LogP contribution < -0.4 is 5.32 Å². The number of ether oxygens (including phenoxy) is 3. The highest BCUT2D eigenvalue weighted by Crippen LogP contribution is 2.18. The van der Waals surface area contributed by atoms with E-state index in [0.717, 1.165) is 12.8 Å². The Hall–Kier alpha value is -0.810. The molecule has 0 aliphatic heterocycles. The molecule has 0 bridgehead atoms. The van der Waals surface area contributed by atoms with Gasteiger partial charge in [-0.15, -0.1) is 0 Å². The van der Waals surface area contributed by atoms with Gasteiger partial charge in [0.05, 0.1) is 19.8 Å². The van der Waals surface area contributed by atoms with Crippen molar-refractivity contribution in [3.8, 4) is 0 Å². The van der Waals surface area contributed by atoms with Crippen molar-refractivity contribution in [1.29, 1.82) is 0 Å². The third-order valence-corrected chi connectivity index (χ3v) is 10.0. The van der Waals surface area contributed by atoms with Crippen LogP contribution in [0.15, 0.2) is 0 Å². The molecule has 0 spiro atoms. The van der Waals surface area contributed by atoms with Gasteiger partial charge in [0.1, 0.15) is 6.61 Å². The summed E-state index contributed by atoms with van der Waals surface area (Å²) in [7, 11) is 1.66. The lowest BCUT2D eigenvalue weighted by Gasteiger charge is -2.19. The number of hydrogen-bond acceptors (Lipinski definition) is 4. The Bertz CT molecular complexity index is 565. The van der Waals surface area contributed by atoms with Crippen LogP contribution in [0.4, 0.5) is 4.79 Å². The first-order chi connectivity index (χ1) is 23.7. The number of hydrogen-bond donors (Lipinski definition) is 1. The molecule has 0 aliphatic carbocycles. The molecule has 1 amide bonds. The summed E-state index contributed by atoms with van der Waals surface area (Å²) in [6.45, 7) is 6.39. The van der Waals surface area contributed by atoms with Crippen LogP contribution in [0, 0.1) is 0 Å². The maximum absolute atomic E-state index is 12.5. The molecule has 0 aromatic carbocycles. The topological polar surface area (TPSA) is 56.8 Å². The Morgan fingerprint density at radius 2 is 0.708 bits per heavy atom.